The Morgan fingerprint density at radius 3 is 2.20 bits per heavy atom. The number of piperazine rings is 1. The van der Waals surface area contributed by atoms with Crippen molar-refractivity contribution in [3.8, 4) is 0 Å². The molecule has 1 heterocycles. The van der Waals surface area contributed by atoms with Crippen LogP contribution >= 0.6 is 0 Å². The van der Waals surface area contributed by atoms with Crippen LogP contribution in [0, 0.1) is 0 Å². The highest BCUT2D eigenvalue weighted by Gasteiger charge is 2.54. The number of rotatable bonds is 3. The summed E-state index contributed by atoms with van der Waals surface area (Å²) >= 11 is 0. The molecule has 0 saturated carbocycles. The van der Waals surface area contributed by atoms with Crippen molar-refractivity contribution in [3.63, 3.8) is 0 Å². The Balaban J connectivity index is 2.49. The van der Waals surface area contributed by atoms with Crippen LogP contribution in [0.1, 0.15) is 40.5 Å². The van der Waals surface area contributed by atoms with E-state index in [2.05, 4.69) is 0 Å². The van der Waals surface area contributed by atoms with E-state index < -0.39 is 11.1 Å². The largest absolute Gasteiger partial charge is 0.312 e. The molecule has 4 nitrogen and oxygen atoms in total. The Morgan fingerprint density at radius 1 is 1.15 bits per heavy atom. The number of amides is 1. The zero-order chi connectivity index (χ0) is 15.0. The molecule has 0 aromatic heterocycles. The average molecular weight is 276 g/mol. The van der Waals surface area contributed by atoms with Crippen LogP contribution in [0.5, 0.6) is 0 Å². The third-order valence-corrected chi connectivity index (χ3v) is 4.40. The van der Waals surface area contributed by atoms with Gasteiger partial charge in [0.05, 0.1) is 5.54 Å². The van der Waals surface area contributed by atoms with Crippen LogP contribution in [0.3, 0.4) is 0 Å². The molecular formula is C16H24N2O2. The fourth-order valence-corrected chi connectivity index (χ4v) is 3.12. The van der Waals surface area contributed by atoms with Gasteiger partial charge in [-0.15, -0.1) is 0 Å². The second kappa shape index (κ2) is 5.19. The van der Waals surface area contributed by atoms with Gasteiger partial charge in [-0.3, -0.25) is 4.79 Å². The quantitative estimate of drug-likeness (QED) is 0.922. The Bertz CT molecular complexity index is 481. The Kier molecular flexibility index (Phi) is 3.89. The van der Waals surface area contributed by atoms with Crippen molar-refractivity contribution < 1.29 is 10.0 Å². The molecule has 0 spiro atoms. The third kappa shape index (κ3) is 2.13. The van der Waals surface area contributed by atoms with Gasteiger partial charge in [0.25, 0.3) is 0 Å². The van der Waals surface area contributed by atoms with E-state index in [1.807, 2.05) is 58.0 Å². The summed E-state index contributed by atoms with van der Waals surface area (Å²) in [6, 6.07) is 9.68. The number of benzene rings is 1. The lowest BCUT2D eigenvalue weighted by molar-refractivity contribution is -0.238. The molecule has 1 amide bonds. The predicted molar refractivity (Wildman–Crippen MR) is 79.8 cm³/mol. The summed E-state index contributed by atoms with van der Waals surface area (Å²) in [5.41, 5.74) is -0.419. The predicted octanol–water partition coefficient (Wildman–Crippen LogP) is 3.06. The van der Waals surface area contributed by atoms with E-state index in [0.717, 1.165) is 5.69 Å². The lowest BCUT2D eigenvalue weighted by atomic mass is 9.82. The molecule has 1 N–H and O–H groups in total. The van der Waals surface area contributed by atoms with Gasteiger partial charge in [-0.25, -0.2) is 0 Å². The average Bonchev–Trinajstić information content (AvgIpc) is 2.46. The third-order valence-electron chi connectivity index (χ3n) is 4.40. The molecule has 1 aliphatic heterocycles. The van der Waals surface area contributed by atoms with E-state index in [1.54, 1.807) is 4.90 Å². The lowest BCUT2D eigenvalue weighted by Crippen LogP contribution is -2.72. The standard InChI is InChI=1S/C16H24N2O2/c1-5-16(6-2)14(19)17(12-15(3,4)18(16)20)13-10-8-7-9-11-13/h7-11,20H,5-6,12H2,1-4H3. The zero-order valence-electron chi connectivity index (χ0n) is 12.8. The second-order valence-electron chi connectivity index (χ2n) is 6.09. The number of anilines is 1. The fraction of sp³-hybridized carbons (Fsp3) is 0.562. The van der Waals surface area contributed by atoms with Crippen LogP contribution in [0.15, 0.2) is 30.3 Å². The fourth-order valence-electron chi connectivity index (χ4n) is 3.12. The van der Waals surface area contributed by atoms with Crippen LogP contribution < -0.4 is 4.90 Å². The maximum Gasteiger partial charge on any atom is 0.249 e. The van der Waals surface area contributed by atoms with Crippen LogP contribution in [-0.2, 0) is 4.79 Å². The SMILES string of the molecule is CCC1(CC)C(=O)N(c2ccccc2)CC(C)(C)N1O. The van der Waals surface area contributed by atoms with Crippen molar-refractivity contribution in [2.45, 2.75) is 51.6 Å². The molecule has 110 valence electrons. The second-order valence-corrected chi connectivity index (χ2v) is 6.09. The number of hydrogen-bond donors (Lipinski definition) is 1. The summed E-state index contributed by atoms with van der Waals surface area (Å²) in [5.74, 6) is -0.0180. The summed E-state index contributed by atoms with van der Waals surface area (Å²) in [6.07, 6.45) is 1.18. The number of hydrogen-bond acceptors (Lipinski definition) is 3. The van der Waals surface area contributed by atoms with Crippen molar-refractivity contribution in [2.24, 2.45) is 0 Å². The van der Waals surface area contributed by atoms with Crippen molar-refractivity contribution in [2.75, 3.05) is 11.4 Å². The molecule has 1 aromatic rings. The molecule has 1 saturated heterocycles. The van der Waals surface area contributed by atoms with Crippen molar-refractivity contribution in [1.29, 1.82) is 0 Å². The lowest BCUT2D eigenvalue weighted by Gasteiger charge is -2.54. The summed E-state index contributed by atoms with van der Waals surface area (Å²) in [5, 5.41) is 11.8. The molecule has 0 bridgehead atoms. The Morgan fingerprint density at radius 2 is 1.70 bits per heavy atom. The number of para-hydroxylation sites is 1. The van der Waals surface area contributed by atoms with Gasteiger partial charge in [0.15, 0.2) is 0 Å². The molecule has 0 unspecified atom stereocenters. The monoisotopic (exact) mass is 276 g/mol. The number of carbonyl (C=O) groups excluding carboxylic acids is 1. The number of carbonyl (C=O) groups is 1. The van der Waals surface area contributed by atoms with Gasteiger partial charge in [0.2, 0.25) is 5.91 Å². The smallest absolute Gasteiger partial charge is 0.249 e. The van der Waals surface area contributed by atoms with Gasteiger partial charge in [0, 0.05) is 12.2 Å². The molecule has 1 fully saturated rings. The van der Waals surface area contributed by atoms with E-state index in [0.29, 0.717) is 19.4 Å². The topological polar surface area (TPSA) is 43.8 Å². The van der Waals surface area contributed by atoms with E-state index in [4.69, 9.17) is 0 Å². The minimum absolute atomic E-state index is 0.0180. The number of nitrogens with zero attached hydrogens (tertiary/aromatic N) is 2. The molecule has 0 aliphatic carbocycles. The van der Waals surface area contributed by atoms with Gasteiger partial charge < -0.3 is 10.1 Å². The highest BCUT2D eigenvalue weighted by atomic mass is 16.5. The Labute approximate surface area is 121 Å². The maximum atomic E-state index is 12.9. The summed E-state index contributed by atoms with van der Waals surface area (Å²) in [6.45, 7) is 8.32. The molecular weight excluding hydrogens is 252 g/mol. The van der Waals surface area contributed by atoms with Crippen LogP contribution in [0.4, 0.5) is 5.69 Å². The molecule has 20 heavy (non-hydrogen) atoms. The zero-order valence-corrected chi connectivity index (χ0v) is 12.8. The van der Waals surface area contributed by atoms with Crippen molar-refractivity contribution in [1.82, 2.24) is 5.06 Å². The minimum atomic E-state index is -0.836. The van der Waals surface area contributed by atoms with Crippen LogP contribution in [-0.4, -0.2) is 33.8 Å². The van der Waals surface area contributed by atoms with E-state index >= 15 is 0 Å². The first-order chi connectivity index (χ1) is 9.39. The molecule has 0 atom stereocenters. The van der Waals surface area contributed by atoms with Crippen LogP contribution in [0.2, 0.25) is 0 Å². The minimum Gasteiger partial charge on any atom is -0.312 e. The van der Waals surface area contributed by atoms with E-state index in [1.165, 1.54) is 5.06 Å². The van der Waals surface area contributed by atoms with Gasteiger partial charge in [-0.2, -0.15) is 5.06 Å². The molecule has 2 rings (SSSR count). The van der Waals surface area contributed by atoms with Crippen LogP contribution in [0.25, 0.3) is 0 Å². The number of hydroxylamine groups is 2. The van der Waals surface area contributed by atoms with Crippen molar-refractivity contribution >= 4 is 11.6 Å². The summed E-state index contributed by atoms with van der Waals surface area (Å²) in [4.78, 5) is 14.7. The molecule has 1 aliphatic rings. The van der Waals surface area contributed by atoms with E-state index in [9.17, 15) is 10.0 Å². The van der Waals surface area contributed by atoms with E-state index in [-0.39, 0.29) is 5.91 Å². The van der Waals surface area contributed by atoms with Gasteiger partial charge in [-0.05, 0) is 38.8 Å². The molecule has 4 heteroatoms. The highest BCUT2D eigenvalue weighted by Crippen LogP contribution is 2.38. The molecule has 1 aromatic carbocycles. The van der Waals surface area contributed by atoms with Gasteiger partial charge in [0.1, 0.15) is 5.54 Å². The van der Waals surface area contributed by atoms with Gasteiger partial charge >= 0.3 is 0 Å². The van der Waals surface area contributed by atoms with Crippen molar-refractivity contribution in [3.05, 3.63) is 30.3 Å². The molecule has 0 radical (unpaired) electrons. The first-order valence-electron chi connectivity index (χ1n) is 7.25. The Hall–Kier alpha value is -1.39. The normalized spacial score (nSPS) is 22.1. The maximum absolute atomic E-state index is 12.9. The summed E-state index contributed by atoms with van der Waals surface area (Å²) < 4.78 is 0. The van der Waals surface area contributed by atoms with Gasteiger partial charge in [-0.1, -0.05) is 32.0 Å². The summed E-state index contributed by atoms with van der Waals surface area (Å²) in [7, 11) is 0. The first kappa shape index (κ1) is 15.0. The first-order valence-corrected chi connectivity index (χ1v) is 7.25. The highest BCUT2D eigenvalue weighted by molar-refractivity contribution is 6.01.